The summed E-state index contributed by atoms with van der Waals surface area (Å²) < 4.78 is 11.0. The van der Waals surface area contributed by atoms with E-state index in [1.165, 1.54) is 6.92 Å². The zero-order valence-corrected chi connectivity index (χ0v) is 15.9. The predicted octanol–water partition coefficient (Wildman–Crippen LogP) is 2.41. The average molecular weight is 395 g/mol. The summed E-state index contributed by atoms with van der Waals surface area (Å²) in [5.41, 5.74) is 1.85. The van der Waals surface area contributed by atoms with Crippen molar-refractivity contribution in [2.45, 2.75) is 13.3 Å². The topological polar surface area (TPSA) is 97.0 Å². The van der Waals surface area contributed by atoms with Crippen LogP contribution in [-0.4, -0.2) is 37.5 Å². The maximum atomic E-state index is 12.7. The third kappa shape index (κ3) is 4.16. The van der Waals surface area contributed by atoms with Crippen molar-refractivity contribution in [3.05, 3.63) is 42.5 Å². The van der Waals surface area contributed by atoms with Gasteiger partial charge in [-0.25, -0.2) is 0 Å². The zero-order valence-electron chi connectivity index (χ0n) is 15.9. The van der Waals surface area contributed by atoms with Gasteiger partial charge in [-0.05, 0) is 30.3 Å². The van der Waals surface area contributed by atoms with Crippen LogP contribution in [0, 0.1) is 5.92 Å². The molecular weight excluding hydrogens is 374 g/mol. The van der Waals surface area contributed by atoms with Crippen LogP contribution < -0.4 is 25.0 Å². The first-order valence-corrected chi connectivity index (χ1v) is 9.38. The molecule has 8 heteroatoms. The lowest BCUT2D eigenvalue weighted by Gasteiger charge is -2.20. The quantitative estimate of drug-likeness (QED) is 0.829. The Bertz CT molecular complexity index is 975. The molecule has 0 aliphatic carbocycles. The van der Waals surface area contributed by atoms with Crippen molar-refractivity contribution in [2.75, 3.05) is 35.3 Å². The largest absolute Gasteiger partial charge is 0.486 e. The van der Waals surface area contributed by atoms with E-state index in [4.69, 9.17) is 9.47 Å². The van der Waals surface area contributed by atoms with E-state index < -0.39 is 5.92 Å². The highest BCUT2D eigenvalue weighted by Crippen LogP contribution is 2.33. The molecule has 4 rings (SSSR count). The fraction of sp³-hybridized carbons (Fsp3) is 0.286. The molecule has 8 nitrogen and oxygen atoms in total. The monoisotopic (exact) mass is 395 g/mol. The Hall–Kier alpha value is -3.55. The molecule has 0 saturated carbocycles. The standard InChI is InChI=1S/C21H21N3O5/c1-13(25)22-15-3-2-4-17(10-15)24-12-14(9-20(24)26)21(27)23-16-5-6-18-19(11-16)29-8-7-28-18/h2-6,10-11,14H,7-9,12H2,1H3,(H,22,25)(H,23,27)/t14-/m0/s1. The van der Waals surface area contributed by atoms with E-state index in [0.717, 1.165) is 0 Å². The minimum atomic E-state index is -0.472. The molecule has 0 spiro atoms. The van der Waals surface area contributed by atoms with Crippen LogP contribution in [0.25, 0.3) is 0 Å². The number of carbonyl (C=O) groups is 3. The molecule has 29 heavy (non-hydrogen) atoms. The number of hydrogen-bond donors (Lipinski definition) is 2. The fourth-order valence-corrected chi connectivity index (χ4v) is 3.45. The second-order valence-corrected chi connectivity index (χ2v) is 6.98. The number of fused-ring (bicyclic) bond motifs is 1. The maximum absolute atomic E-state index is 12.7. The molecule has 0 aromatic heterocycles. The average Bonchev–Trinajstić information content (AvgIpc) is 3.09. The first-order chi connectivity index (χ1) is 14.0. The molecule has 150 valence electrons. The lowest BCUT2D eigenvalue weighted by atomic mass is 10.1. The van der Waals surface area contributed by atoms with Crippen molar-refractivity contribution < 1.29 is 23.9 Å². The Labute approximate surface area is 167 Å². The molecule has 2 aromatic rings. The number of rotatable bonds is 4. The lowest BCUT2D eigenvalue weighted by molar-refractivity contribution is -0.122. The number of benzene rings is 2. The van der Waals surface area contributed by atoms with Crippen LogP contribution in [0.2, 0.25) is 0 Å². The van der Waals surface area contributed by atoms with E-state index in [9.17, 15) is 14.4 Å². The van der Waals surface area contributed by atoms with Crippen LogP contribution in [0.1, 0.15) is 13.3 Å². The van der Waals surface area contributed by atoms with Gasteiger partial charge < -0.3 is 25.0 Å². The van der Waals surface area contributed by atoms with E-state index in [0.29, 0.717) is 41.8 Å². The lowest BCUT2D eigenvalue weighted by Crippen LogP contribution is -2.28. The van der Waals surface area contributed by atoms with Crippen molar-refractivity contribution in [3.63, 3.8) is 0 Å². The summed E-state index contributed by atoms with van der Waals surface area (Å²) in [6.45, 7) is 2.67. The van der Waals surface area contributed by atoms with Crippen molar-refractivity contribution in [1.82, 2.24) is 0 Å². The zero-order chi connectivity index (χ0) is 20.4. The van der Waals surface area contributed by atoms with E-state index in [1.54, 1.807) is 47.4 Å². The van der Waals surface area contributed by atoms with Crippen LogP contribution in [0.3, 0.4) is 0 Å². The molecule has 0 radical (unpaired) electrons. The fourth-order valence-electron chi connectivity index (χ4n) is 3.45. The summed E-state index contributed by atoms with van der Waals surface area (Å²) in [4.78, 5) is 38.0. The van der Waals surface area contributed by atoms with Gasteiger partial charge in [0.2, 0.25) is 17.7 Å². The number of carbonyl (C=O) groups excluding carboxylic acids is 3. The molecule has 1 fully saturated rings. The van der Waals surface area contributed by atoms with Crippen LogP contribution >= 0.6 is 0 Å². The minimum absolute atomic E-state index is 0.126. The number of anilines is 3. The van der Waals surface area contributed by atoms with Gasteiger partial charge in [0, 0.05) is 43.0 Å². The van der Waals surface area contributed by atoms with Gasteiger partial charge in [0.15, 0.2) is 11.5 Å². The number of nitrogens with one attached hydrogen (secondary N) is 2. The van der Waals surface area contributed by atoms with Gasteiger partial charge in [0.1, 0.15) is 13.2 Å². The van der Waals surface area contributed by atoms with E-state index in [2.05, 4.69) is 10.6 Å². The first-order valence-electron chi connectivity index (χ1n) is 9.38. The van der Waals surface area contributed by atoms with Crippen LogP contribution in [0.5, 0.6) is 11.5 Å². The molecule has 0 unspecified atom stereocenters. The summed E-state index contributed by atoms with van der Waals surface area (Å²) in [5, 5.41) is 5.55. The maximum Gasteiger partial charge on any atom is 0.229 e. The second-order valence-electron chi connectivity index (χ2n) is 6.98. The highest BCUT2D eigenvalue weighted by atomic mass is 16.6. The minimum Gasteiger partial charge on any atom is -0.486 e. The summed E-state index contributed by atoms with van der Waals surface area (Å²) in [7, 11) is 0. The molecule has 3 amide bonds. The highest BCUT2D eigenvalue weighted by molar-refractivity contribution is 6.04. The predicted molar refractivity (Wildman–Crippen MR) is 107 cm³/mol. The van der Waals surface area contributed by atoms with Crippen molar-refractivity contribution in [3.8, 4) is 11.5 Å². The molecule has 1 saturated heterocycles. The van der Waals surface area contributed by atoms with Gasteiger partial charge in [-0.15, -0.1) is 0 Å². The Morgan fingerprint density at radius 3 is 2.55 bits per heavy atom. The third-order valence-electron chi connectivity index (χ3n) is 4.78. The molecule has 2 heterocycles. The second kappa shape index (κ2) is 7.83. The SMILES string of the molecule is CC(=O)Nc1cccc(N2C[C@@H](C(=O)Nc3ccc4c(c3)OCCO4)CC2=O)c1. The Balaban J connectivity index is 1.44. The van der Waals surface area contributed by atoms with Gasteiger partial charge >= 0.3 is 0 Å². The van der Waals surface area contributed by atoms with Crippen LogP contribution in [-0.2, 0) is 14.4 Å². The van der Waals surface area contributed by atoms with Gasteiger partial charge in [0.25, 0.3) is 0 Å². The van der Waals surface area contributed by atoms with Crippen molar-refractivity contribution in [1.29, 1.82) is 0 Å². The summed E-state index contributed by atoms with van der Waals surface area (Å²) in [6.07, 6.45) is 0.126. The van der Waals surface area contributed by atoms with E-state index in [-0.39, 0.29) is 30.7 Å². The molecule has 2 aliphatic heterocycles. The highest BCUT2D eigenvalue weighted by Gasteiger charge is 2.35. The molecular formula is C21H21N3O5. The van der Waals surface area contributed by atoms with E-state index >= 15 is 0 Å². The van der Waals surface area contributed by atoms with Gasteiger partial charge in [-0.1, -0.05) is 6.07 Å². The summed E-state index contributed by atoms with van der Waals surface area (Å²) in [5.74, 6) is 0.220. The van der Waals surface area contributed by atoms with Crippen molar-refractivity contribution in [2.24, 2.45) is 5.92 Å². The van der Waals surface area contributed by atoms with E-state index in [1.807, 2.05) is 0 Å². The Morgan fingerprint density at radius 2 is 1.76 bits per heavy atom. The number of ether oxygens (including phenoxy) is 2. The summed E-state index contributed by atoms with van der Waals surface area (Å²) >= 11 is 0. The summed E-state index contributed by atoms with van der Waals surface area (Å²) in [6, 6.07) is 12.2. The smallest absolute Gasteiger partial charge is 0.229 e. The number of amides is 3. The van der Waals surface area contributed by atoms with Gasteiger partial charge in [-0.2, -0.15) is 0 Å². The van der Waals surface area contributed by atoms with Gasteiger partial charge in [-0.3, -0.25) is 14.4 Å². The van der Waals surface area contributed by atoms with Crippen LogP contribution in [0.15, 0.2) is 42.5 Å². The van der Waals surface area contributed by atoms with Crippen molar-refractivity contribution >= 4 is 34.8 Å². The first kappa shape index (κ1) is 18.8. The molecule has 0 bridgehead atoms. The normalized spacial score (nSPS) is 17.8. The Morgan fingerprint density at radius 1 is 1.00 bits per heavy atom. The van der Waals surface area contributed by atoms with Gasteiger partial charge in [0.05, 0.1) is 5.92 Å². The molecule has 1 atom stereocenters. The van der Waals surface area contributed by atoms with Crippen LogP contribution in [0.4, 0.5) is 17.1 Å². The number of nitrogens with zero attached hydrogens (tertiary/aromatic N) is 1. The number of hydrogen-bond acceptors (Lipinski definition) is 5. The molecule has 2 N–H and O–H groups in total. The molecule has 2 aromatic carbocycles. The Kier molecular flexibility index (Phi) is 5.07. The molecule has 2 aliphatic rings. The third-order valence-corrected chi connectivity index (χ3v) is 4.78.